The minimum atomic E-state index is -0.686. The quantitative estimate of drug-likeness (QED) is 0.337. The number of ether oxygens (including phenoxy) is 4. The van der Waals surface area contributed by atoms with Gasteiger partial charge in [-0.05, 0) is 24.6 Å². The van der Waals surface area contributed by atoms with Crippen LogP contribution in [0.2, 0.25) is 0 Å². The second kappa shape index (κ2) is 11.1. The number of anilines is 1. The smallest absolute Gasteiger partial charge is 0.411 e. The lowest BCUT2D eigenvalue weighted by Crippen LogP contribution is -2.26. The van der Waals surface area contributed by atoms with Crippen molar-refractivity contribution in [2.75, 3.05) is 39.1 Å². The Kier molecular flexibility index (Phi) is 8.17. The highest BCUT2D eigenvalue weighted by Gasteiger charge is 2.27. The molecule has 0 saturated carbocycles. The Hall–Kier alpha value is -3.53. The molecule has 180 valence electrons. The summed E-state index contributed by atoms with van der Waals surface area (Å²) in [6, 6.07) is 9.97. The van der Waals surface area contributed by atoms with Crippen LogP contribution in [0.15, 0.2) is 41.2 Å². The van der Waals surface area contributed by atoms with E-state index in [1.807, 2.05) is 0 Å². The van der Waals surface area contributed by atoms with Crippen molar-refractivity contribution < 1.29 is 28.5 Å². The molecule has 3 rings (SSSR count). The summed E-state index contributed by atoms with van der Waals surface area (Å²) >= 11 is 3.40. The van der Waals surface area contributed by atoms with E-state index in [1.54, 1.807) is 36.4 Å². The molecule has 34 heavy (non-hydrogen) atoms. The molecule has 0 aliphatic carbocycles. The third kappa shape index (κ3) is 4.72. The number of nitrogens with zero attached hydrogens (tertiary/aromatic N) is 1. The fraction of sp³-hybridized carbons (Fsp3) is 0.292. The molecule has 3 aromatic rings. The van der Waals surface area contributed by atoms with Gasteiger partial charge in [0.15, 0.2) is 11.5 Å². The first-order valence-corrected chi connectivity index (χ1v) is 11.4. The molecule has 0 aliphatic heterocycles. The predicted octanol–water partition coefficient (Wildman–Crippen LogP) is 4.44. The third-order valence-electron chi connectivity index (χ3n) is 5.28. The van der Waals surface area contributed by atoms with E-state index < -0.39 is 12.1 Å². The van der Waals surface area contributed by atoms with Gasteiger partial charge in [-0.2, -0.15) is 0 Å². The first-order chi connectivity index (χ1) is 16.4. The number of para-hydroxylation sites is 1. The van der Waals surface area contributed by atoms with Crippen LogP contribution in [0.1, 0.15) is 16.8 Å². The summed E-state index contributed by atoms with van der Waals surface area (Å²) in [6.07, 6.45) is -0.0764. The predicted molar refractivity (Wildman–Crippen MR) is 133 cm³/mol. The Morgan fingerprint density at radius 1 is 0.971 bits per heavy atom. The van der Waals surface area contributed by atoms with Gasteiger partial charge in [0.2, 0.25) is 0 Å². The Balaban J connectivity index is 2.53. The lowest BCUT2D eigenvalue weighted by Gasteiger charge is -2.21. The zero-order valence-electron chi connectivity index (χ0n) is 19.3. The van der Waals surface area contributed by atoms with Crippen molar-refractivity contribution in [3.8, 4) is 22.8 Å². The maximum Gasteiger partial charge on any atom is 0.411 e. The first kappa shape index (κ1) is 25.1. The average molecular weight is 533 g/mol. The van der Waals surface area contributed by atoms with Crippen LogP contribution in [0.3, 0.4) is 0 Å². The van der Waals surface area contributed by atoms with E-state index in [1.165, 1.54) is 33.0 Å². The van der Waals surface area contributed by atoms with Crippen LogP contribution in [0.25, 0.3) is 22.0 Å². The zero-order chi connectivity index (χ0) is 24.8. The average Bonchev–Trinajstić information content (AvgIpc) is 2.87. The van der Waals surface area contributed by atoms with E-state index >= 15 is 0 Å². The number of hydrogen-bond donors (Lipinski definition) is 1. The van der Waals surface area contributed by atoms with Crippen LogP contribution in [-0.2, 0) is 16.0 Å². The van der Waals surface area contributed by atoms with E-state index in [4.69, 9.17) is 18.9 Å². The molecule has 1 heterocycles. The lowest BCUT2D eigenvalue weighted by atomic mass is 9.97. The van der Waals surface area contributed by atoms with Crippen molar-refractivity contribution in [2.24, 2.45) is 0 Å². The summed E-state index contributed by atoms with van der Waals surface area (Å²) in [5, 5.41) is 3.90. The van der Waals surface area contributed by atoms with Gasteiger partial charge in [-0.3, -0.25) is 10.1 Å². The van der Waals surface area contributed by atoms with E-state index in [2.05, 4.69) is 21.2 Å². The molecule has 0 bridgehead atoms. The highest BCUT2D eigenvalue weighted by atomic mass is 79.9. The molecule has 9 nitrogen and oxygen atoms in total. The van der Waals surface area contributed by atoms with Crippen molar-refractivity contribution in [1.82, 2.24) is 4.57 Å². The zero-order valence-corrected chi connectivity index (χ0v) is 20.9. The minimum Gasteiger partial charge on any atom is -0.493 e. The van der Waals surface area contributed by atoms with Crippen molar-refractivity contribution in [3.63, 3.8) is 0 Å². The number of methoxy groups -OCH3 is 4. The summed E-state index contributed by atoms with van der Waals surface area (Å²) in [6.45, 7) is 0.306. The van der Waals surface area contributed by atoms with Gasteiger partial charge in [-0.1, -0.05) is 34.1 Å². The number of esters is 1. The minimum absolute atomic E-state index is 0.159. The molecule has 0 unspecified atom stereocenters. The molecule has 1 amide bonds. The number of alkyl halides is 1. The van der Waals surface area contributed by atoms with Crippen LogP contribution in [-0.4, -0.2) is 50.4 Å². The van der Waals surface area contributed by atoms with E-state index in [9.17, 15) is 14.4 Å². The Morgan fingerprint density at radius 3 is 2.21 bits per heavy atom. The number of amides is 1. The van der Waals surface area contributed by atoms with Crippen LogP contribution in [0.4, 0.5) is 10.5 Å². The molecule has 0 aliphatic rings. The summed E-state index contributed by atoms with van der Waals surface area (Å²) in [5.41, 5.74) is 0.965. The van der Waals surface area contributed by atoms with Crippen molar-refractivity contribution in [2.45, 2.75) is 13.0 Å². The maximum absolute atomic E-state index is 13.7. The van der Waals surface area contributed by atoms with E-state index in [0.717, 1.165) is 0 Å². The second-order valence-corrected chi connectivity index (χ2v) is 7.92. The number of pyridine rings is 1. The molecule has 10 heteroatoms. The number of carbonyl (C=O) groups excluding carboxylic acids is 2. The van der Waals surface area contributed by atoms with E-state index in [0.29, 0.717) is 52.1 Å². The molecule has 2 aromatic carbocycles. The van der Waals surface area contributed by atoms with Gasteiger partial charge in [-0.25, -0.2) is 9.59 Å². The number of rotatable bonds is 8. The summed E-state index contributed by atoms with van der Waals surface area (Å²) in [5.74, 6) is 0.0628. The van der Waals surface area contributed by atoms with Crippen LogP contribution in [0.5, 0.6) is 11.5 Å². The van der Waals surface area contributed by atoms with Gasteiger partial charge in [-0.15, -0.1) is 0 Å². The molecular weight excluding hydrogens is 508 g/mol. The number of fused-ring (bicyclic) bond motifs is 1. The van der Waals surface area contributed by atoms with Crippen molar-refractivity contribution in [3.05, 3.63) is 52.3 Å². The lowest BCUT2D eigenvalue weighted by molar-refractivity contribution is 0.0603. The van der Waals surface area contributed by atoms with Gasteiger partial charge >= 0.3 is 12.1 Å². The fourth-order valence-electron chi connectivity index (χ4n) is 3.75. The third-order valence-corrected chi connectivity index (χ3v) is 5.85. The highest BCUT2D eigenvalue weighted by Crippen LogP contribution is 2.38. The number of benzene rings is 2. The summed E-state index contributed by atoms with van der Waals surface area (Å²) in [7, 11) is 5.46. The monoisotopic (exact) mass is 532 g/mol. The van der Waals surface area contributed by atoms with Gasteiger partial charge in [0.1, 0.15) is 0 Å². The molecule has 0 saturated heterocycles. The Labute approximate surface area is 204 Å². The number of halogens is 1. The Morgan fingerprint density at radius 2 is 1.62 bits per heavy atom. The number of nitrogens with one attached hydrogen (secondary N) is 1. The highest BCUT2D eigenvalue weighted by molar-refractivity contribution is 9.09. The summed E-state index contributed by atoms with van der Waals surface area (Å²) < 4.78 is 22.2. The van der Waals surface area contributed by atoms with Crippen molar-refractivity contribution in [1.29, 1.82) is 0 Å². The molecule has 0 spiro atoms. The molecule has 1 aromatic heterocycles. The van der Waals surface area contributed by atoms with Crippen LogP contribution in [0, 0.1) is 0 Å². The topological polar surface area (TPSA) is 105 Å². The van der Waals surface area contributed by atoms with E-state index in [-0.39, 0.29) is 16.5 Å². The van der Waals surface area contributed by atoms with Crippen LogP contribution >= 0.6 is 15.9 Å². The molecule has 0 radical (unpaired) electrons. The first-order valence-electron chi connectivity index (χ1n) is 10.3. The van der Waals surface area contributed by atoms with Crippen LogP contribution < -0.4 is 20.3 Å². The number of hydrogen-bond acceptors (Lipinski definition) is 7. The van der Waals surface area contributed by atoms with Gasteiger partial charge in [0.25, 0.3) is 5.56 Å². The molecule has 0 fully saturated rings. The van der Waals surface area contributed by atoms with Gasteiger partial charge in [0.05, 0.1) is 50.8 Å². The number of aromatic nitrogens is 1. The van der Waals surface area contributed by atoms with Gasteiger partial charge < -0.3 is 23.5 Å². The maximum atomic E-state index is 13.7. The standard InChI is InChI=1S/C24H25BrN2O7/c1-31-18-12-15-16(13-19(18)32-2)22(28)27(11-7-10-25)21(20(15)23(29)33-3)14-8-5-6-9-17(14)26-24(30)34-4/h5-6,8-9,12-13H,7,10-11H2,1-4H3,(H,26,30). The molecule has 1 N–H and O–H groups in total. The fourth-order valence-corrected chi connectivity index (χ4v) is 4.00. The Bertz CT molecular complexity index is 1290. The number of carbonyl (C=O) groups is 2. The second-order valence-electron chi connectivity index (χ2n) is 7.13. The summed E-state index contributed by atoms with van der Waals surface area (Å²) in [4.78, 5) is 38.9. The SMILES string of the molecule is COC(=O)Nc1ccccc1-c1c(C(=O)OC)c2cc(OC)c(OC)cc2c(=O)n1CCCBr. The molecule has 0 atom stereocenters. The van der Waals surface area contributed by atoms with Crippen molar-refractivity contribution >= 4 is 44.5 Å². The van der Waals surface area contributed by atoms with Gasteiger partial charge in [0, 0.05) is 22.8 Å². The largest absolute Gasteiger partial charge is 0.493 e. The molecular formula is C24H25BrN2O7. The normalized spacial score (nSPS) is 10.6.